The maximum atomic E-state index is 9.18. The third-order valence-corrected chi connectivity index (χ3v) is 1.59. The summed E-state index contributed by atoms with van der Waals surface area (Å²) in [6, 6.07) is 4.06. The predicted octanol–water partition coefficient (Wildman–Crippen LogP) is 2.38. The standard InChI is InChI=1S/C8H11N.C3H6O2/c1-7(2)8-4-3-5-9-6-8;1-2-5-3-4/h3-7H,1-2H3;3H,2H2,1H3. The van der Waals surface area contributed by atoms with Crippen LogP contribution in [0.5, 0.6) is 0 Å². The Labute approximate surface area is 85.1 Å². The van der Waals surface area contributed by atoms with Crippen LogP contribution in [0.2, 0.25) is 0 Å². The van der Waals surface area contributed by atoms with Crippen molar-refractivity contribution in [3.8, 4) is 0 Å². The van der Waals surface area contributed by atoms with Crippen LogP contribution in [0, 0.1) is 0 Å². The molecule has 1 rings (SSSR count). The first kappa shape index (κ1) is 12.6. The van der Waals surface area contributed by atoms with Gasteiger partial charge >= 0.3 is 0 Å². The van der Waals surface area contributed by atoms with Gasteiger partial charge in [-0.15, -0.1) is 0 Å². The molecule has 1 aromatic rings. The van der Waals surface area contributed by atoms with Crippen LogP contribution in [0.4, 0.5) is 0 Å². The summed E-state index contributed by atoms with van der Waals surface area (Å²) in [5.74, 6) is 0.596. The molecular formula is C11H17NO2. The number of nitrogens with zero attached hydrogens (tertiary/aromatic N) is 1. The molecule has 0 fully saturated rings. The van der Waals surface area contributed by atoms with Gasteiger partial charge in [0.1, 0.15) is 0 Å². The van der Waals surface area contributed by atoms with E-state index in [2.05, 4.69) is 29.6 Å². The highest BCUT2D eigenvalue weighted by Gasteiger charge is 1.94. The van der Waals surface area contributed by atoms with Crippen molar-refractivity contribution < 1.29 is 9.53 Å². The van der Waals surface area contributed by atoms with Crippen molar-refractivity contribution in [2.24, 2.45) is 0 Å². The second kappa shape index (κ2) is 8.23. The molecule has 3 nitrogen and oxygen atoms in total. The van der Waals surface area contributed by atoms with Crippen LogP contribution in [-0.2, 0) is 9.53 Å². The highest BCUT2D eigenvalue weighted by Crippen LogP contribution is 2.10. The van der Waals surface area contributed by atoms with E-state index in [4.69, 9.17) is 0 Å². The van der Waals surface area contributed by atoms with E-state index in [1.165, 1.54) is 5.56 Å². The first-order valence-corrected chi connectivity index (χ1v) is 4.67. The zero-order valence-electron chi connectivity index (χ0n) is 8.93. The van der Waals surface area contributed by atoms with Gasteiger partial charge in [0.15, 0.2) is 0 Å². The first-order chi connectivity index (χ1) is 6.72. The molecular weight excluding hydrogens is 178 g/mol. The van der Waals surface area contributed by atoms with Crippen LogP contribution in [0.15, 0.2) is 24.5 Å². The third-order valence-electron chi connectivity index (χ3n) is 1.59. The maximum Gasteiger partial charge on any atom is 0.293 e. The maximum absolute atomic E-state index is 9.18. The summed E-state index contributed by atoms with van der Waals surface area (Å²) < 4.78 is 4.15. The Balaban J connectivity index is 0.000000292. The average Bonchev–Trinajstić information content (AvgIpc) is 2.21. The molecule has 0 radical (unpaired) electrons. The van der Waals surface area contributed by atoms with Crippen LogP contribution >= 0.6 is 0 Å². The average molecular weight is 195 g/mol. The molecule has 78 valence electrons. The van der Waals surface area contributed by atoms with Gasteiger partial charge < -0.3 is 4.74 Å². The lowest BCUT2D eigenvalue weighted by molar-refractivity contribution is -0.128. The van der Waals surface area contributed by atoms with Gasteiger partial charge in [-0.2, -0.15) is 0 Å². The number of hydrogen-bond donors (Lipinski definition) is 0. The smallest absolute Gasteiger partial charge is 0.293 e. The zero-order chi connectivity index (χ0) is 10.8. The quantitative estimate of drug-likeness (QED) is 0.695. The van der Waals surface area contributed by atoms with Crippen molar-refractivity contribution in [2.75, 3.05) is 6.61 Å². The van der Waals surface area contributed by atoms with E-state index < -0.39 is 0 Å². The number of rotatable bonds is 3. The summed E-state index contributed by atoms with van der Waals surface area (Å²) in [6.45, 7) is 6.99. The lowest BCUT2D eigenvalue weighted by atomic mass is 10.1. The molecule has 0 bridgehead atoms. The number of hydrogen-bond acceptors (Lipinski definition) is 3. The van der Waals surface area contributed by atoms with Gasteiger partial charge in [0, 0.05) is 12.4 Å². The molecule has 0 saturated carbocycles. The van der Waals surface area contributed by atoms with Crippen LogP contribution in [0.3, 0.4) is 0 Å². The van der Waals surface area contributed by atoms with Crippen molar-refractivity contribution in [3.63, 3.8) is 0 Å². The molecule has 14 heavy (non-hydrogen) atoms. The Hall–Kier alpha value is -1.38. The molecule has 0 aliphatic rings. The Morgan fingerprint density at radius 2 is 2.29 bits per heavy atom. The fourth-order valence-electron chi connectivity index (χ4n) is 0.786. The second-order valence-corrected chi connectivity index (χ2v) is 2.99. The van der Waals surface area contributed by atoms with Crippen LogP contribution in [0.1, 0.15) is 32.3 Å². The van der Waals surface area contributed by atoms with E-state index in [0.29, 0.717) is 19.0 Å². The largest absolute Gasteiger partial charge is 0.468 e. The Bertz CT molecular complexity index is 234. The number of ether oxygens (including phenoxy) is 1. The SMILES string of the molecule is CC(C)c1cccnc1.CCOC=O. The zero-order valence-corrected chi connectivity index (χ0v) is 8.93. The third kappa shape index (κ3) is 6.17. The van der Waals surface area contributed by atoms with Gasteiger partial charge in [0.05, 0.1) is 6.61 Å². The van der Waals surface area contributed by atoms with Gasteiger partial charge in [-0.05, 0) is 24.5 Å². The molecule has 0 saturated heterocycles. The Kier molecular flexibility index (Phi) is 7.42. The minimum Gasteiger partial charge on any atom is -0.468 e. The molecule has 1 aromatic heterocycles. The highest BCUT2D eigenvalue weighted by atomic mass is 16.5. The normalized spacial score (nSPS) is 8.86. The van der Waals surface area contributed by atoms with Gasteiger partial charge in [0.2, 0.25) is 0 Å². The summed E-state index contributed by atoms with van der Waals surface area (Å²) in [7, 11) is 0. The van der Waals surface area contributed by atoms with E-state index in [0.717, 1.165) is 0 Å². The number of aromatic nitrogens is 1. The topological polar surface area (TPSA) is 39.2 Å². The van der Waals surface area contributed by atoms with Gasteiger partial charge in [0.25, 0.3) is 6.47 Å². The lowest BCUT2D eigenvalue weighted by Crippen LogP contribution is -1.85. The molecule has 0 aliphatic carbocycles. The minimum atomic E-state index is 0.431. The Morgan fingerprint density at radius 3 is 2.50 bits per heavy atom. The summed E-state index contributed by atoms with van der Waals surface area (Å²) in [4.78, 5) is 13.2. The van der Waals surface area contributed by atoms with E-state index >= 15 is 0 Å². The fourth-order valence-corrected chi connectivity index (χ4v) is 0.786. The Morgan fingerprint density at radius 1 is 1.57 bits per heavy atom. The summed E-state index contributed by atoms with van der Waals surface area (Å²) in [5.41, 5.74) is 1.30. The van der Waals surface area contributed by atoms with Crippen LogP contribution in [-0.4, -0.2) is 18.1 Å². The molecule has 1 heterocycles. The second-order valence-electron chi connectivity index (χ2n) is 2.99. The number of carbonyl (C=O) groups is 1. The number of pyridine rings is 1. The lowest BCUT2D eigenvalue weighted by Gasteiger charge is -2.00. The van der Waals surface area contributed by atoms with Crippen LogP contribution in [0.25, 0.3) is 0 Å². The molecule has 3 heteroatoms. The van der Waals surface area contributed by atoms with E-state index in [-0.39, 0.29) is 0 Å². The molecule has 0 atom stereocenters. The first-order valence-electron chi connectivity index (χ1n) is 4.67. The van der Waals surface area contributed by atoms with E-state index in [1.54, 1.807) is 13.1 Å². The van der Waals surface area contributed by atoms with Crippen molar-refractivity contribution in [2.45, 2.75) is 26.7 Å². The van der Waals surface area contributed by atoms with Crippen molar-refractivity contribution in [1.29, 1.82) is 0 Å². The van der Waals surface area contributed by atoms with Gasteiger partial charge in [-0.3, -0.25) is 9.78 Å². The van der Waals surface area contributed by atoms with Crippen LogP contribution < -0.4 is 0 Å². The molecule has 0 amide bonds. The monoisotopic (exact) mass is 195 g/mol. The molecule has 0 unspecified atom stereocenters. The molecule has 0 N–H and O–H groups in total. The summed E-state index contributed by atoms with van der Waals surface area (Å²) in [6.07, 6.45) is 3.70. The fraction of sp³-hybridized carbons (Fsp3) is 0.455. The van der Waals surface area contributed by atoms with Gasteiger partial charge in [-0.1, -0.05) is 19.9 Å². The van der Waals surface area contributed by atoms with E-state index in [9.17, 15) is 4.79 Å². The summed E-state index contributed by atoms with van der Waals surface area (Å²) in [5, 5.41) is 0. The number of carbonyl (C=O) groups excluding carboxylic acids is 1. The molecule has 0 aromatic carbocycles. The summed E-state index contributed by atoms with van der Waals surface area (Å²) >= 11 is 0. The molecule has 0 spiro atoms. The molecule has 0 aliphatic heterocycles. The van der Waals surface area contributed by atoms with Crippen molar-refractivity contribution in [3.05, 3.63) is 30.1 Å². The van der Waals surface area contributed by atoms with Crippen molar-refractivity contribution >= 4 is 6.47 Å². The highest BCUT2D eigenvalue weighted by molar-refractivity contribution is 5.36. The van der Waals surface area contributed by atoms with Crippen molar-refractivity contribution in [1.82, 2.24) is 4.98 Å². The van der Waals surface area contributed by atoms with E-state index in [1.807, 2.05) is 12.3 Å². The minimum absolute atomic E-state index is 0.431. The predicted molar refractivity (Wildman–Crippen MR) is 56.0 cm³/mol. The van der Waals surface area contributed by atoms with Gasteiger partial charge in [-0.25, -0.2) is 0 Å².